The second-order valence-electron chi connectivity index (χ2n) is 6.32. The van der Waals surface area contributed by atoms with Crippen LogP contribution in [0.3, 0.4) is 0 Å². The molecule has 2 heterocycles. The molecule has 0 bridgehead atoms. The van der Waals surface area contributed by atoms with Gasteiger partial charge < -0.3 is 5.32 Å². The topological polar surface area (TPSA) is 42.7 Å². The van der Waals surface area contributed by atoms with Crippen LogP contribution in [-0.2, 0) is 19.6 Å². The predicted octanol–water partition coefficient (Wildman–Crippen LogP) is 5.65. The predicted molar refractivity (Wildman–Crippen MR) is 116 cm³/mol. The van der Waals surface area contributed by atoms with E-state index in [1.807, 2.05) is 30.3 Å². The average Bonchev–Trinajstić information content (AvgIpc) is 3.36. The highest BCUT2D eigenvalue weighted by Gasteiger charge is 2.13. The van der Waals surface area contributed by atoms with Crippen LogP contribution >= 0.6 is 34.5 Å². The molecule has 0 spiro atoms. The van der Waals surface area contributed by atoms with E-state index < -0.39 is 0 Å². The van der Waals surface area contributed by atoms with Crippen LogP contribution in [0, 0.1) is 0 Å². The maximum absolute atomic E-state index is 6.14. The van der Waals surface area contributed by atoms with Gasteiger partial charge in [0.05, 0.1) is 16.6 Å². The summed E-state index contributed by atoms with van der Waals surface area (Å²) in [6.07, 6.45) is 0. The summed E-state index contributed by atoms with van der Waals surface area (Å²) in [7, 11) is 0. The van der Waals surface area contributed by atoms with Crippen molar-refractivity contribution in [1.29, 1.82) is 0 Å². The highest BCUT2D eigenvalue weighted by molar-refractivity contribution is 7.09. The molecule has 0 atom stereocenters. The number of rotatable bonds is 7. The maximum atomic E-state index is 6.14. The van der Waals surface area contributed by atoms with Crippen LogP contribution in [0.2, 0.25) is 10.0 Å². The number of benzene rings is 2. The molecule has 4 nitrogen and oxygen atoms in total. The Labute approximate surface area is 177 Å². The van der Waals surface area contributed by atoms with E-state index in [4.69, 9.17) is 33.4 Å². The minimum atomic E-state index is 0.529. The molecular formula is C21H18Cl2N4S. The fourth-order valence-corrected chi connectivity index (χ4v) is 3.91. The lowest BCUT2D eigenvalue weighted by atomic mass is 10.1. The minimum Gasteiger partial charge on any atom is -0.306 e. The van der Waals surface area contributed by atoms with Gasteiger partial charge in [0.2, 0.25) is 0 Å². The first-order valence-electron chi connectivity index (χ1n) is 8.85. The fraction of sp³-hybridized carbons (Fsp3) is 0.143. The van der Waals surface area contributed by atoms with Gasteiger partial charge in [0.25, 0.3) is 0 Å². The van der Waals surface area contributed by atoms with Crippen molar-refractivity contribution in [2.75, 3.05) is 0 Å². The normalized spacial score (nSPS) is 11.1. The molecule has 0 aliphatic carbocycles. The summed E-state index contributed by atoms with van der Waals surface area (Å²) >= 11 is 13.9. The Hall–Kier alpha value is -2.18. The summed E-state index contributed by atoms with van der Waals surface area (Å²) in [6, 6.07) is 19.9. The SMILES string of the molecule is Clc1ccc(Cn2nc(CNCc3cccs3)c(-c3ccccc3)n2)cc1Cl. The Kier molecular flexibility index (Phi) is 6.07. The highest BCUT2D eigenvalue weighted by Crippen LogP contribution is 2.24. The first-order valence-corrected chi connectivity index (χ1v) is 10.5. The molecule has 0 fully saturated rings. The van der Waals surface area contributed by atoms with Gasteiger partial charge in [-0.15, -0.1) is 11.3 Å². The standard InChI is InChI=1S/C21H18Cl2N4S/c22-18-9-8-15(11-19(18)23)14-27-25-20(13-24-12-17-7-4-10-28-17)21(26-27)16-5-2-1-3-6-16/h1-11,24H,12-14H2. The summed E-state index contributed by atoms with van der Waals surface area (Å²) in [5, 5.41) is 16.1. The van der Waals surface area contributed by atoms with Gasteiger partial charge in [-0.3, -0.25) is 0 Å². The summed E-state index contributed by atoms with van der Waals surface area (Å²) in [6.45, 7) is 1.98. The molecule has 28 heavy (non-hydrogen) atoms. The van der Waals surface area contributed by atoms with Gasteiger partial charge in [-0.25, -0.2) is 0 Å². The van der Waals surface area contributed by atoms with Crippen molar-refractivity contribution in [3.63, 3.8) is 0 Å². The third kappa shape index (κ3) is 4.62. The van der Waals surface area contributed by atoms with Crippen LogP contribution in [0.5, 0.6) is 0 Å². The van der Waals surface area contributed by atoms with E-state index in [9.17, 15) is 0 Å². The van der Waals surface area contributed by atoms with Crippen LogP contribution in [0.4, 0.5) is 0 Å². The van der Waals surface area contributed by atoms with Crippen molar-refractivity contribution in [2.24, 2.45) is 0 Å². The number of hydrogen-bond acceptors (Lipinski definition) is 4. The van der Waals surface area contributed by atoms with Gasteiger partial charge in [-0.05, 0) is 29.1 Å². The lowest BCUT2D eigenvalue weighted by Gasteiger charge is -2.03. The first-order chi connectivity index (χ1) is 13.7. The van der Waals surface area contributed by atoms with E-state index in [-0.39, 0.29) is 0 Å². The second kappa shape index (κ2) is 8.88. The number of halogens is 2. The molecule has 0 radical (unpaired) electrons. The second-order valence-corrected chi connectivity index (χ2v) is 8.17. The average molecular weight is 429 g/mol. The zero-order valence-corrected chi connectivity index (χ0v) is 17.3. The van der Waals surface area contributed by atoms with E-state index in [1.165, 1.54) is 4.88 Å². The maximum Gasteiger partial charge on any atom is 0.117 e. The Balaban J connectivity index is 1.57. The zero-order chi connectivity index (χ0) is 19.3. The molecule has 4 aromatic rings. The molecule has 0 amide bonds. The van der Waals surface area contributed by atoms with Gasteiger partial charge in [-0.2, -0.15) is 15.0 Å². The van der Waals surface area contributed by atoms with E-state index in [1.54, 1.807) is 22.2 Å². The van der Waals surface area contributed by atoms with Crippen molar-refractivity contribution in [3.05, 3.63) is 92.2 Å². The number of aromatic nitrogens is 3. The van der Waals surface area contributed by atoms with Gasteiger partial charge in [-0.1, -0.05) is 65.7 Å². The molecule has 4 rings (SSSR count). The highest BCUT2D eigenvalue weighted by atomic mass is 35.5. The Morgan fingerprint density at radius 2 is 1.75 bits per heavy atom. The van der Waals surface area contributed by atoms with Gasteiger partial charge in [0.15, 0.2) is 0 Å². The summed E-state index contributed by atoms with van der Waals surface area (Å²) in [4.78, 5) is 3.01. The number of nitrogens with zero attached hydrogens (tertiary/aromatic N) is 3. The largest absolute Gasteiger partial charge is 0.306 e. The third-order valence-corrected chi connectivity index (χ3v) is 5.87. The molecule has 0 aliphatic heterocycles. The summed E-state index contributed by atoms with van der Waals surface area (Å²) in [5.41, 5.74) is 3.86. The van der Waals surface area contributed by atoms with E-state index >= 15 is 0 Å². The lowest BCUT2D eigenvalue weighted by molar-refractivity contribution is 0.577. The lowest BCUT2D eigenvalue weighted by Crippen LogP contribution is -2.13. The fourth-order valence-electron chi connectivity index (χ4n) is 2.91. The van der Waals surface area contributed by atoms with Gasteiger partial charge in [0.1, 0.15) is 11.4 Å². The van der Waals surface area contributed by atoms with Crippen LogP contribution < -0.4 is 5.32 Å². The van der Waals surface area contributed by atoms with Crippen molar-refractivity contribution in [1.82, 2.24) is 20.3 Å². The van der Waals surface area contributed by atoms with Gasteiger partial charge >= 0.3 is 0 Å². The first kappa shape index (κ1) is 19.2. The van der Waals surface area contributed by atoms with E-state index in [0.717, 1.165) is 29.1 Å². The van der Waals surface area contributed by atoms with Crippen LogP contribution in [0.1, 0.15) is 16.1 Å². The summed E-state index contributed by atoms with van der Waals surface area (Å²) in [5.74, 6) is 0. The Bertz CT molecular complexity index is 1050. The molecular weight excluding hydrogens is 411 g/mol. The quantitative estimate of drug-likeness (QED) is 0.413. The van der Waals surface area contributed by atoms with Crippen molar-refractivity contribution >= 4 is 34.5 Å². The molecule has 0 aliphatic rings. The third-order valence-electron chi connectivity index (χ3n) is 4.25. The smallest absolute Gasteiger partial charge is 0.117 e. The summed E-state index contributed by atoms with van der Waals surface area (Å²) < 4.78 is 0. The minimum absolute atomic E-state index is 0.529. The number of hydrogen-bond donors (Lipinski definition) is 1. The van der Waals surface area contributed by atoms with Crippen molar-refractivity contribution in [2.45, 2.75) is 19.6 Å². The molecule has 142 valence electrons. The Morgan fingerprint density at radius 3 is 2.50 bits per heavy atom. The van der Waals surface area contributed by atoms with E-state index in [2.05, 4.69) is 35.0 Å². The number of thiophene rings is 1. The van der Waals surface area contributed by atoms with Crippen LogP contribution in [0.15, 0.2) is 66.0 Å². The molecule has 1 N–H and O–H groups in total. The zero-order valence-electron chi connectivity index (χ0n) is 15.0. The van der Waals surface area contributed by atoms with E-state index in [0.29, 0.717) is 23.1 Å². The molecule has 2 aromatic heterocycles. The Morgan fingerprint density at radius 1 is 0.893 bits per heavy atom. The molecule has 0 saturated heterocycles. The molecule has 0 saturated carbocycles. The van der Waals surface area contributed by atoms with Crippen LogP contribution in [0.25, 0.3) is 11.3 Å². The van der Waals surface area contributed by atoms with Gasteiger partial charge in [0, 0.05) is 23.5 Å². The monoisotopic (exact) mass is 428 g/mol. The van der Waals surface area contributed by atoms with Crippen LogP contribution in [-0.4, -0.2) is 15.0 Å². The number of nitrogens with one attached hydrogen (secondary N) is 1. The molecule has 2 aromatic carbocycles. The molecule has 0 unspecified atom stereocenters. The van der Waals surface area contributed by atoms with Crippen molar-refractivity contribution < 1.29 is 0 Å². The molecule has 7 heteroatoms. The van der Waals surface area contributed by atoms with Crippen molar-refractivity contribution in [3.8, 4) is 11.3 Å².